The smallest absolute Gasteiger partial charge is 0.115 e. The van der Waals surface area contributed by atoms with Crippen LogP contribution in [0.4, 0.5) is 0 Å². The van der Waals surface area contributed by atoms with Crippen LogP contribution in [0.15, 0.2) is 60.7 Å². The van der Waals surface area contributed by atoms with Crippen molar-refractivity contribution < 1.29 is 5.11 Å². The summed E-state index contributed by atoms with van der Waals surface area (Å²) in [5, 5.41) is 11.6. The summed E-state index contributed by atoms with van der Waals surface area (Å²) in [4.78, 5) is 2.55. The maximum atomic E-state index is 11.6. The van der Waals surface area contributed by atoms with Crippen LogP contribution in [0.3, 0.4) is 0 Å². The lowest BCUT2D eigenvalue weighted by Crippen LogP contribution is -2.34. The highest BCUT2D eigenvalue weighted by Gasteiger charge is 2.30. The van der Waals surface area contributed by atoms with Crippen molar-refractivity contribution in [2.75, 3.05) is 19.6 Å². The van der Waals surface area contributed by atoms with Gasteiger partial charge in [-0.05, 0) is 42.3 Å². The molecule has 2 rings (SSSR count). The van der Waals surface area contributed by atoms with E-state index in [0.29, 0.717) is 11.8 Å². The van der Waals surface area contributed by atoms with Crippen molar-refractivity contribution >= 4 is 0 Å². The van der Waals surface area contributed by atoms with E-state index in [2.05, 4.69) is 32.6 Å². The van der Waals surface area contributed by atoms with Gasteiger partial charge in [0.1, 0.15) is 5.60 Å². The highest BCUT2D eigenvalue weighted by Crippen LogP contribution is 2.34. The molecule has 0 fully saturated rings. The van der Waals surface area contributed by atoms with Gasteiger partial charge in [0.25, 0.3) is 0 Å². The highest BCUT2D eigenvalue weighted by atomic mass is 16.3. The highest BCUT2D eigenvalue weighted by molar-refractivity contribution is 5.35. The van der Waals surface area contributed by atoms with E-state index in [0.717, 1.165) is 43.6 Å². The Balaban J connectivity index is 2.12. The van der Waals surface area contributed by atoms with Gasteiger partial charge in [0, 0.05) is 13.1 Å². The fraction of sp³-hybridized carbons (Fsp3) is 0.500. The molecule has 142 valence electrons. The average molecular weight is 354 g/mol. The number of benzene rings is 2. The summed E-state index contributed by atoms with van der Waals surface area (Å²) in [6.07, 6.45) is 1.70. The molecule has 0 aliphatic heterocycles. The summed E-state index contributed by atoms with van der Waals surface area (Å²) in [5.74, 6) is 1.33. The van der Waals surface area contributed by atoms with Crippen LogP contribution in [-0.2, 0) is 5.60 Å². The van der Waals surface area contributed by atoms with Gasteiger partial charge in [-0.2, -0.15) is 0 Å². The third-order valence-electron chi connectivity index (χ3n) is 4.76. The Hall–Kier alpha value is -1.64. The summed E-state index contributed by atoms with van der Waals surface area (Å²) < 4.78 is 0. The third kappa shape index (κ3) is 5.96. The number of hydrogen-bond acceptors (Lipinski definition) is 2. The maximum Gasteiger partial charge on any atom is 0.115 e. The van der Waals surface area contributed by atoms with Crippen molar-refractivity contribution in [2.45, 2.75) is 46.1 Å². The Morgan fingerprint density at radius 1 is 0.769 bits per heavy atom. The molecule has 0 saturated heterocycles. The number of rotatable bonds is 10. The molecule has 0 unspecified atom stereocenters. The molecule has 0 aliphatic rings. The van der Waals surface area contributed by atoms with E-state index in [-0.39, 0.29) is 0 Å². The van der Waals surface area contributed by atoms with Crippen molar-refractivity contribution in [1.29, 1.82) is 0 Å². The predicted octanol–water partition coefficient (Wildman–Crippen LogP) is 5.32. The minimum absolute atomic E-state index is 0.663. The van der Waals surface area contributed by atoms with Gasteiger partial charge in [-0.3, -0.25) is 0 Å². The van der Waals surface area contributed by atoms with Crippen LogP contribution < -0.4 is 0 Å². The second-order valence-electron chi connectivity index (χ2n) is 8.24. The Morgan fingerprint density at radius 3 is 1.58 bits per heavy atom. The topological polar surface area (TPSA) is 23.5 Å². The molecule has 0 bridgehead atoms. The van der Waals surface area contributed by atoms with E-state index in [9.17, 15) is 5.11 Å². The lowest BCUT2D eigenvalue weighted by atomic mass is 9.82. The van der Waals surface area contributed by atoms with Gasteiger partial charge in [0.15, 0.2) is 0 Å². The van der Waals surface area contributed by atoms with Crippen molar-refractivity contribution in [3.8, 4) is 0 Å². The minimum atomic E-state index is -0.927. The molecule has 0 heterocycles. The number of hydrogen-bond donors (Lipinski definition) is 1. The largest absolute Gasteiger partial charge is 0.380 e. The molecule has 0 atom stereocenters. The fourth-order valence-electron chi connectivity index (χ4n) is 3.73. The van der Waals surface area contributed by atoms with E-state index in [1.54, 1.807) is 0 Å². The zero-order valence-electron chi connectivity index (χ0n) is 16.9. The quantitative estimate of drug-likeness (QED) is 0.625. The van der Waals surface area contributed by atoms with E-state index in [4.69, 9.17) is 0 Å². The molecule has 0 aliphatic carbocycles. The lowest BCUT2D eigenvalue weighted by molar-refractivity contribution is 0.0636. The third-order valence-corrected chi connectivity index (χ3v) is 4.76. The van der Waals surface area contributed by atoms with Gasteiger partial charge in [0.05, 0.1) is 0 Å². The van der Waals surface area contributed by atoms with Crippen LogP contribution in [0.2, 0.25) is 0 Å². The Kier molecular flexibility index (Phi) is 7.86. The standard InChI is InChI=1S/C24H35NO/c1-20(2)18-25(19-21(3)4)17-11-16-24(26,22-12-7-5-8-13-22)23-14-9-6-10-15-23/h5-10,12-15,20-21,26H,11,16-19H2,1-4H3. The molecule has 2 nitrogen and oxygen atoms in total. The van der Waals surface area contributed by atoms with Crippen molar-refractivity contribution in [1.82, 2.24) is 4.90 Å². The molecule has 26 heavy (non-hydrogen) atoms. The Labute approximate surface area is 159 Å². The first kappa shape index (κ1) is 20.7. The van der Waals surface area contributed by atoms with Crippen LogP contribution in [0.1, 0.15) is 51.7 Å². The van der Waals surface area contributed by atoms with Crippen molar-refractivity contribution in [2.24, 2.45) is 11.8 Å². The van der Waals surface area contributed by atoms with Gasteiger partial charge in [-0.25, -0.2) is 0 Å². The summed E-state index contributed by atoms with van der Waals surface area (Å²) >= 11 is 0. The van der Waals surface area contributed by atoms with E-state index in [1.165, 1.54) is 0 Å². The summed E-state index contributed by atoms with van der Waals surface area (Å²) in [6, 6.07) is 20.2. The molecule has 0 amide bonds. The molecule has 1 N–H and O–H groups in total. The maximum absolute atomic E-state index is 11.6. The van der Waals surface area contributed by atoms with Crippen LogP contribution in [0, 0.1) is 11.8 Å². The SMILES string of the molecule is CC(C)CN(CCCC(O)(c1ccccc1)c1ccccc1)CC(C)C. The Bertz CT molecular complexity index is 572. The molecule has 2 aromatic rings. The molecular weight excluding hydrogens is 318 g/mol. The van der Waals surface area contributed by atoms with E-state index < -0.39 is 5.60 Å². The predicted molar refractivity (Wildman–Crippen MR) is 111 cm³/mol. The van der Waals surface area contributed by atoms with Gasteiger partial charge < -0.3 is 10.0 Å². The van der Waals surface area contributed by atoms with Gasteiger partial charge in [0.2, 0.25) is 0 Å². The number of aliphatic hydroxyl groups is 1. The first-order valence-corrected chi connectivity index (χ1v) is 9.97. The van der Waals surface area contributed by atoms with E-state index >= 15 is 0 Å². The fourth-order valence-corrected chi connectivity index (χ4v) is 3.73. The molecule has 0 spiro atoms. The van der Waals surface area contributed by atoms with Crippen LogP contribution in [0.25, 0.3) is 0 Å². The zero-order chi connectivity index (χ0) is 19.0. The molecule has 2 heteroatoms. The van der Waals surface area contributed by atoms with Gasteiger partial charge in [-0.1, -0.05) is 88.4 Å². The second kappa shape index (κ2) is 9.89. The molecule has 0 radical (unpaired) electrons. The normalized spacial score (nSPS) is 12.3. The first-order valence-electron chi connectivity index (χ1n) is 9.97. The first-order chi connectivity index (χ1) is 12.4. The van der Waals surface area contributed by atoms with Crippen LogP contribution in [-0.4, -0.2) is 29.6 Å². The van der Waals surface area contributed by atoms with Crippen molar-refractivity contribution in [3.05, 3.63) is 71.8 Å². The summed E-state index contributed by atoms with van der Waals surface area (Å²) in [5.41, 5.74) is 1.03. The second-order valence-corrected chi connectivity index (χ2v) is 8.24. The summed E-state index contributed by atoms with van der Waals surface area (Å²) in [7, 11) is 0. The Morgan fingerprint density at radius 2 is 1.19 bits per heavy atom. The van der Waals surface area contributed by atoms with Crippen LogP contribution >= 0.6 is 0 Å². The number of nitrogens with zero attached hydrogens (tertiary/aromatic N) is 1. The molecule has 0 saturated carbocycles. The lowest BCUT2D eigenvalue weighted by Gasteiger charge is -2.32. The van der Waals surface area contributed by atoms with Crippen molar-refractivity contribution in [3.63, 3.8) is 0 Å². The summed E-state index contributed by atoms with van der Waals surface area (Å²) in [6.45, 7) is 12.4. The van der Waals surface area contributed by atoms with E-state index in [1.807, 2.05) is 60.7 Å². The monoisotopic (exact) mass is 353 g/mol. The molecule has 0 aromatic heterocycles. The minimum Gasteiger partial charge on any atom is -0.380 e. The van der Waals surface area contributed by atoms with Gasteiger partial charge >= 0.3 is 0 Å². The zero-order valence-corrected chi connectivity index (χ0v) is 16.9. The average Bonchev–Trinajstić information content (AvgIpc) is 2.62. The van der Waals surface area contributed by atoms with Gasteiger partial charge in [-0.15, -0.1) is 0 Å². The van der Waals surface area contributed by atoms with Crippen LogP contribution in [0.5, 0.6) is 0 Å². The molecular formula is C24H35NO. The molecule has 2 aromatic carbocycles.